The fourth-order valence-electron chi connectivity index (χ4n) is 9.96. The lowest BCUT2D eigenvalue weighted by atomic mass is 10.0. The number of nitrogens with two attached hydrogens (primary N) is 1. The van der Waals surface area contributed by atoms with Crippen LogP contribution in [0.25, 0.3) is 0 Å². The van der Waals surface area contributed by atoms with Gasteiger partial charge in [-0.1, -0.05) is 337 Å². The number of carbonyl (C=O) groups is 2. The van der Waals surface area contributed by atoms with Gasteiger partial charge in [-0.15, -0.1) is 0 Å². The third kappa shape index (κ3) is 77.7. The smallest absolute Gasteiger partial charge is 0.462 e. The Labute approximate surface area is 583 Å². The van der Waals surface area contributed by atoms with Crippen molar-refractivity contribution in [1.82, 2.24) is 0 Å². The van der Waals surface area contributed by atoms with E-state index in [9.17, 15) is 19.0 Å². The van der Waals surface area contributed by atoms with E-state index < -0.39 is 26.5 Å². The Hall–Kier alpha value is -5.15. The summed E-state index contributed by atoms with van der Waals surface area (Å²) in [5, 5.41) is 0. The molecule has 9 nitrogen and oxygen atoms in total. The zero-order chi connectivity index (χ0) is 68.6. The van der Waals surface area contributed by atoms with Gasteiger partial charge in [0.2, 0.25) is 0 Å². The largest absolute Gasteiger partial charge is 0.472 e. The van der Waals surface area contributed by atoms with Gasteiger partial charge in [0, 0.05) is 19.4 Å². The van der Waals surface area contributed by atoms with Crippen LogP contribution in [0.4, 0.5) is 0 Å². The lowest BCUT2D eigenvalue weighted by Gasteiger charge is -2.19. The van der Waals surface area contributed by atoms with E-state index in [0.717, 1.165) is 154 Å². The minimum Gasteiger partial charge on any atom is -0.462 e. The predicted octanol–water partition coefficient (Wildman–Crippen LogP) is 25.6. The van der Waals surface area contributed by atoms with Crippen molar-refractivity contribution < 1.29 is 37.6 Å². The number of rotatable bonds is 69. The molecule has 0 saturated heterocycles. The molecule has 0 fully saturated rings. The Balaban J connectivity index is 3.93. The highest BCUT2D eigenvalue weighted by Crippen LogP contribution is 2.43. The molecule has 0 amide bonds. The quantitative estimate of drug-likeness (QED) is 0.0264. The molecule has 2 unspecified atom stereocenters. The molecule has 10 heteroatoms. The van der Waals surface area contributed by atoms with Gasteiger partial charge in [0.1, 0.15) is 6.61 Å². The maximum absolute atomic E-state index is 12.8. The van der Waals surface area contributed by atoms with Crippen molar-refractivity contribution in [3.05, 3.63) is 194 Å². The number of ether oxygens (including phenoxy) is 2. The van der Waals surface area contributed by atoms with Crippen molar-refractivity contribution in [2.45, 2.75) is 302 Å². The average molecular weight is 1330 g/mol. The van der Waals surface area contributed by atoms with Crippen LogP contribution in [0.1, 0.15) is 296 Å². The number of carbonyl (C=O) groups excluding carboxylic acids is 2. The van der Waals surface area contributed by atoms with Crippen molar-refractivity contribution in [3.63, 3.8) is 0 Å². The number of unbranched alkanes of at least 4 members (excludes halogenated alkanes) is 24. The monoisotopic (exact) mass is 1330 g/mol. The standard InChI is InChI=1S/C85H138NO8P/c1-3-5-7-9-11-13-15-17-19-21-23-25-27-29-31-33-35-37-39-40-41-42-44-46-48-50-52-54-56-58-60-62-64-66-68-70-72-74-76-78-85(88)94-83(82-93-95(89,90)92-80-79-86)81-91-84(87)77-75-73-71-69-67-65-63-61-59-57-55-53-51-49-47-45-43-38-36-34-32-30-28-26-24-22-20-18-16-14-12-10-8-6-4-2/h5-8,11-14,17-20,23-26,29-32,35-38,40-41,44-47,51,53,83H,3-4,9-10,15-16,21-22,27-28,33-34,39,42-43,48-50,52,54-82,86H2,1-2H3,(H,89,90)/b7-5-,8-6-,13-11-,14-12-,19-17-,20-18-,25-23-,26-24-,31-29-,32-30-,37-35-,38-36-,41-40-,46-44-,47-45-,53-51-. The normalized spacial score (nSPS) is 14.0. The first kappa shape index (κ1) is 89.8. The summed E-state index contributed by atoms with van der Waals surface area (Å²) < 4.78 is 33.2. The lowest BCUT2D eigenvalue weighted by molar-refractivity contribution is -0.161. The highest BCUT2D eigenvalue weighted by molar-refractivity contribution is 7.47. The summed E-state index contributed by atoms with van der Waals surface area (Å²) in [6.07, 6.45) is 118. The molecule has 0 aromatic rings. The van der Waals surface area contributed by atoms with Gasteiger partial charge < -0.3 is 20.1 Å². The van der Waals surface area contributed by atoms with Crippen molar-refractivity contribution >= 4 is 19.8 Å². The molecule has 0 saturated carbocycles. The van der Waals surface area contributed by atoms with E-state index >= 15 is 0 Å². The molecule has 0 spiro atoms. The molecular weight excluding hydrogens is 1190 g/mol. The summed E-state index contributed by atoms with van der Waals surface area (Å²) in [5.74, 6) is -0.839. The Bertz CT molecular complexity index is 2270. The van der Waals surface area contributed by atoms with E-state index in [1.165, 1.54) is 109 Å². The minimum atomic E-state index is -4.41. The van der Waals surface area contributed by atoms with Gasteiger partial charge in [-0.25, -0.2) is 4.57 Å². The third-order valence-corrected chi connectivity index (χ3v) is 16.5. The van der Waals surface area contributed by atoms with Crippen LogP contribution < -0.4 is 5.73 Å². The molecule has 95 heavy (non-hydrogen) atoms. The van der Waals surface area contributed by atoms with Gasteiger partial charge in [-0.05, 0) is 141 Å². The van der Waals surface area contributed by atoms with Crippen molar-refractivity contribution in [2.24, 2.45) is 5.73 Å². The van der Waals surface area contributed by atoms with Gasteiger partial charge >= 0.3 is 19.8 Å². The highest BCUT2D eigenvalue weighted by Gasteiger charge is 2.26. The summed E-state index contributed by atoms with van der Waals surface area (Å²) in [5.41, 5.74) is 5.41. The topological polar surface area (TPSA) is 134 Å². The first-order chi connectivity index (χ1) is 46.8. The summed E-state index contributed by atoms with van der Waals surface area (Å²) in [4.78, 5) is 35.4. The second kappa shape index (κ2) is 77.9. The molecule has 0 aromatic carbocycles. The summed E-state index contributed by atoms with van der Waals surface area (Å²) in [6, 6.07) is 0. The molecule has 0 aromatic heterocycles. The highest BCUT2D eigenvalue weighted by atomic mass is 31.2. The molecule has 2 atom stereocenters. The molecule has 0 bridgehead atoms. The number of allylic oxidation sites excluding steroid dienone is 32. The van der Waals surface area contributed by atoms with E-state index in [1.807, 2.05) is 0 Å². The Morgan fingerprint density at radius 2 is 0.547 bits per heavy atom. The van der Waals surface area contributed by atoms with E-state index in [2.05, 4.69) is 208 Å². The number of hydrogen-bond donors (Lipinski definition) is 2. The fraction of sp³-hybridized carbons (Fsp3) is 0.600. The van der Waals surface area contributed by atoms with E-state index in [1.54, 1.807) is 0 Å². The number of esters is 2. The van der Waals surface area contributed by atoms with Gasteiger partial charge in [-0.3, -0.25) is 18.6 Å². The van der Waals surface area contributed by atoms with Gasteiger partial charge in [0.15, 0.2) is 6.10 Å². The van der Waals surface area contributed by atoms with Crippen LogP contribution in [-0.4, -0.2) is 49.3 Å². The van der Waals surface area contributed by atoms with Gasteiger partial charge in [0.25, 0.3) is 0 Å². The van der Waals surface area contributed by atoms with Crippen LogP contribution >= 0.6 is 7.82 Å². The lowest BCUT2D eigenvalue weighted by Crippen LogP contribution is -2.29. The molecule has 3 N–H and O–H groups in total. The van der Waals surface area contributed by atoms with E-state index in [4.69, 9.17) is 24.3 Å². The zero-order valence-electron chi connectivity index (χ0n) is 60.3. The van der Waals surface area contributed by atoms with Crippen molar-refractivity contribution in [3.8, 4) is 0 Å². The zero-order valence-corrected chi connectivity index (χ0v) is 61.2. The van der Waals surface area contributed by atoms with E-state index in [0.29, 0.717) is 6.42 Å². The van der Waals surface area contributed by atoms with E-state index in [-0.39, 0.29) is 38.6 Å². The van der Waals surface area contributed by atoms with Crippen LogP contribution in [0, 0.1) is 0 Å². The van der Waals surface area contributed by atoms with Crippen LogP contribution in [0.5, 0.6) is 0 Å². The Morgan fingerprint density at radius 1 is 0.316 bits per heavy atom. The Morgan fingerprint density at radius 3 is 0.811 bits per heavy atom. The molecular formula is C85H138NO8P. The maximum atomic E-state index is 12.8. The molecule has 0 aliphatic carbocycles. The van der Waals surface area contributed by atoms with Gasteiger partial charge in [-0.2, -0.15) is 0 Å². The Kier molecular flexibility index (Phi) is 73.6. The first-order valence-electron chi connectivity index (χ1n) is 37.9. The molecule has 0 aliphatic heterocycles. The number of phosphoric ester groups is 1. The van der Waals surface area contributed by atoms with Crippen LogP contribution in [0.2, 0.25) is 0 Å². The SMILES string of the molecule is CC/C=C\C/C=C\C/C=C\C/C=C\C/C=C\C/C=C\C/C=C\C/C=C\CCCCCCCCCCCCCCCCC(=O)OC(COC(=O)CCCCCCCCCCCC/C=C\C/C=C\C/C=C\C/C=C\C/C=C\C/C=C\C/C=C\C/C=C\CC)COP(=O)(O)OCCN. The second-order valence-electron chi connectivity index (χ2n) is 24.4. The molecule has 0 heterocycles. The minimum absolute atomic E-state index is 0.0446. The molecule has 0 aliphatic rings. The molecule has 536 valence electrons. The second-order valence-corrected chi connectivity index (χ2v) is 25.9. The molecule has 0 radical (unpaired) electrons. The first-order valence-corrected chi connectivity index (χ1v) is 39.4. The summed E-state index contributed by atoms with van der Waals surface area (Å²) in [6.45, 7) is 3.51. The van der Waals surface area contributed by atoms with Crippen molar-refractivity contribution in [2.75, 3.05) is 26.4 Å². The number of phosphoric acid groups is 1. The maximum Gasteiger partial charge on any atom is 0.472 e. The van der Waals surface area contributed by atoms with Gasteiger partial charge in [0.05, 0.1) is 13.2 Å². The predicted molar refractivity (Wildman–Crippen MR) is 412 cm³/mol. The third-order valence-electron chi connectivity index (χ3n) is 15.5. The van der Waals surface area contributed by atoms with Crippen molar-refractivity contribution in [1.29, 1.82) is 0 Å². The van der Waals surface area contributed by atoms with Crippen LogP contribution in [0.3, 0.4) is 0 Å². The van der Waals surface area contributed by atoms with Crippen LogP contribution in [0.15, 0.2) is 194 Å². The van der Waals surface area contributed by atoms with Crippen LogP contribution in [-0.2, 0) is 32.7 Å². The number of hydrogen-bond acceptors (Lipinski definition) is 8. The summed E-state index contributed by atoms with van der Waals surface area (Å²) in [7, 11) is -4.41. The summed E-state index contributed by atoms with van der Waals surface area (Å²) >= 11 is 0. The fourth-order valence-corrected chi connectivity index (χ4v) is 10.7. The average Bonchev–Trinajstić information content (AvgIpc) is 3.16. The molecule has 0 rings (SSSR count).